The molecule has 1 aliphatic heterocycles. The van der Waals surface area contributed by atoms with Gasteiger partial charge in [0.05, 0.1) is 0 Å². The van der Waals surface area contributed by atoms with Crippen LogP contribution in [0.25, 0.3) is 21.9 Å². The lowest BCUT2D eigenvalue weighted by molar-refractivity contribution is 0.633. The van der Waals surface area contributed by atoms with Crippen LogP contribution in [-0.4, -0.2) is 19.1 Å². The van der Waals surface area contributed by atoms with Crippen LogP contribution in [0.4, 0.5) is 5.69 Å². The molecule has 3 nitrogen and oxygen atoms in total. The van der Waals surface area contributed by atoms with Gasteiger partial charge in [-0.2, -0.15) is 0 Å². The lowest BCUT2D eigenvalue weighted by Crippen LogP contribution is -2.29. The van der Waals surface area contributed by atoms with Gasteiger partial charge in [0, 0.05) is 29.0 Å². The molecule has 0 amide bonds. The van der Waals surface area contributed by atoms with E-state index in [9.17, 15) is 0 Å². The molecule has 20 heavy (non-hydrogen) atoms. The Labute approximate surface area is 118 Å². The Morgan fingerprint density at radius 1 is 1.10 bits per heavy atom. The van der Waals surface area contributed by atoms with Crippen LogP contribution in [0.5, 0.6) is 0 Å². The molecule has 1 unspecified atom stereocenters. The SMILES string of the molecule is c1ccc2c(c1)oc1ccc(NCC3CCCN3)cc12. The van der Waals surface area contributed by atoms with E-state index in [0.717, 1.165) is 29.9 Å². The minimum atomic E-state index is 0.604. The fourth-order valence-electron chi connectivity index (χ4n) is 3.01. The summed E-state index contributed by atoms with van der Waals surface area (Å²) in [6.45, 7) is 2.14. The van der Waals surface area contributed by atoms with Crippen LogP contribution in [0.3, 0.4) is 0 Å². The van der Waals surface area contributed by atoms with Gasteiger partial charge in [-0.15, -0.1) is 0 Å². The summed E-state index contributed by atoms with van der Waals surface area (Å²) >= 11 is 0. The van der Waals surface area contributed by atoms with Crippen molar-refractivity contribution in [3.05, 3.63) is 42.5 Å². The van der Waals surface area contributed by atoms with Gasteiger partial charge in [-0.05, 0) is 43.7 Å². The Hall–Kier alpha value is -2.00. The van der Waals surface area contributed by atoms with E-state index in [0.29, 0.717) is 6.04 Å². The molecule has 4 rings (SSSR count). The lowest BCUT2D eigenvalue weighted by Gasteiger charge is -2.12. The van der Waals surface area contributed by atoms with Crippen molar-refractivity contribution in [2.45, 2.75) is 18.9 Å². The molecule has 1 aliphatic rings. The molecule has 2 aromatic carbocycles. The van der Waals surface area contributed by atoms with Crippen molar-refractivity contribution in [1.29, 1.82) is 0 Å². The van der Waals surface area contributed by atoms with E-state index in [1.807, 2.05) is 12.1 Å². The fraction of sp³-hybridized carbons (Fsp3) is 0.294. The Morgan fingerprint density at radius 2 is 2.00 bits per heavy atom. The summed E-state index contributed by atoms with van der Waals surface area (Å²) in [5.41, 5.74) is 3.07. The minimum absolute atomic E-state index is 0.604. The van der Waals surface area contributed by atoms with E-state index in [1.54, 1.807) is 0 Å². The van der Waals surface area contributed by atoms with Gasteiger partial charge in [0.15, 0.2) is 0 Å². The van der Waals surface area contributed by atoms with Crippen LogP contribution >= 0.6 is 0 Å². The van der Waals surface area contributed by atoms with Crippen LogP contribution in [0, 0.1) is 0 Å². The Bertz CT molecular complexity index is 741. The molecule has 3 heteroatoms. The molecule has 1 fully saturated rings. The number of anilines is 1. The zero-order chi connectivity index (χ0) is 13.4. The maximum absolute atomic E-state index is 5.85. The van der Waals surface area contributed by atoms with E-state index < -0.39 is 0 Å². The van der Waals surface area contributed by atoms with Crippen LogP contribution in [-0.2, 0) is 0 Å². The second kappa shape index (κ2) is 4.84. The Balaban J connectivity index is 1.65. The highest BCUT2D eigenvalue weighted by molar-refractivity contribution is 6.05. The van der Waals surface area contributed by atoms with Crippen molar-refractivity contribution in [2.24, 2.45) is 0 Å². The first-order chi connectivity index (χ1) is 9.90. The van der Waals surface area contributed by atoms with E-state index in [2.05, 4.69) is 41.0 Å². The number of para-hydroxylation sites is 1. The topological polar surface area (TPSA) is 37.2 Å². The van der Waals surface area contributed by atoms with E-state index in [4.69, 9.17) is 4.42 Å². The molecule has 0 bridgehead atoms. The van der Waals surface area contributed by atoms with Gasteiger partial charge >= 0.3 is 0 Å². The van der Waals surface area contributed by atoms with Crippen molar-refractivity contribution >= 4 is 27.6 Å². The van der Waals surface area contributed by atoms with Crippen molar-refractivity contribution in [3.63, 3.8) is 0 Å². The maximum atomic E-state index is 5.85. The van der Waals surface area contributed by atoms with Crippen molar-refractivity contribution in [3.8, 4) is 0 Å². The second-order valence-corrected chi connectivity index (χ2v) is 5.48. The van der Waals surface area contributed by atoms with Gasteiger partial charge in [-0.1, -0.05) is 18.2 Å². The maximum Gasteiger partial charge on any atom is 0.135 e. The Kier molecular flexibility index (Phi) is 2.85. The van der Waals surface area contributed by atoms with Gasteiger partial charge in [0.1, 0.15) is 11.2 Å². The molecule has 1 aromatic heterocycles. The van der Waals surface area contributed by atoms with Gasteiger partial charge in [-0.3, -0.25) is 0 Å². The molecule has 2 heterocycles. The fourth-order valence-corrected chi connectivity index (χ4v) is 3.01. The highest BCUT2D eigenvalue weighted by Crippen LogP contribution is 2.30. The van der Waals surface area contributed by atoms with Gasteiger partial charge < -0.3 is 15.1 Å². The highest BCUT2D eigenvalue weighted by Gasteiger charge is 2.13. The number of hydrogen-bond donors (Lipinski definition) is 2. The largest absolute Gasteiger partial charge is 0.456 e. The van der Waals surface area contributed by atoms with E-state index >= 15 is 0 Å². The van der Waals surface area contributed by atoms with Crippen molar-refractivity contribution < 1.29 is 4.42 Å². The van der Waals surface area contributed by atoms with Gasteiger partial charge in [-0.25, -0.2) is 0 Å². The molecule has 0 aliphatic carbocycles. The normalized spacial score (nSPS) is 18.9. The molecule has 102 valence electrons. The van der Waals surface area contributed by atoms with Gasteiger partial charge in [0.2, 0.25) is 0 Å². The molecule has 0 radical (unpaired) electrons. The third-order valence-corrected chi connectivity index (χ3v) is 4.09. The second-order valence-electron chi connectivity index (χ2n) is 5.48. The third-order valence-electron chi connectivity index (χ3n) is 4.09. The van der Waals surface area contributed by atoms with E-state index in [-0.39, 0.29) is 0 Å². The molecule has 2 N–H and O–H groups in total. The zero-order valence-corrected chi connectivity index (χ0v) is 11.4. The highest BCUT2D eigenvalue weighted by atomic mass is 16.3. The van der Waals surface area contributed by atoms with Crippen molar-refractivity contribution in [1.82, 2.24) is 5.32 Å². The van der Waals surface area contributed by atoms with Crippen molar-refractivity contribution in [2.75, 3.05) is 18.4 Å². The summed E-state index contributed by atoms with van der Waals surface area (Å²) in [6, 6.07) is 15.1. The van der Waals surface area contributed by atoms with E-state index in [1.165, 1.54) is 23.6 Å². The van der Waals surface area contributed by atoms with Crippen LogP contribution < -0.4 is 10.6 Å². The molecular formula is C17H18N2O. The van der Waals surface area contributed by atoms with Crippen LogP contribution in [0.15, 0.2) is 46.9 Å². The average molecular weight is 266 g/mol. The molecule has 1 atom stereocenters. The Morgan fingerprint density at radius 3 is 2.90 bits per heavy atom. The quantitative estimate of drug-likeness (QED) is 0.758. The first-order valence-corrected chi connectivity index (χ1v) is 7.29. The average Bonchev–Trinajstić information content (AvgIpc) is 3.12. The number of benzene rings is 2. The summed E-state index contributed by atoms with van der Waals surface area (Å²) in [6.07, 6.45) is 2.56. The molecule has 0 saturated carbocycles. The van der Waals surface area contributed by atoms with Crippen LogP contribution in [0.2, 0.25) is 0 Å². The predicted octanol–water partition coefficient (Wildman–Crippen LogP) is 3.75. The first kappa shape index (κ1) is 11.8. The summed E-state index contributed by atoms with van der Waals surface area (Å²) in [5, 5.41) is 9.41. The summed E-state index contributed by atoms with van der Waals surface area (Å²) in [7, 11) is 0. The monoisotopic (exact) mass is 266 g/mol. The third kappa shape index (κ3) is 2.04. The number of fused-ring (bicyclic) bond motifs is 3. The van der Waals surface area contributed by atoms with Crippen LogP contribution in [0.1, 0.15) is 12.8 Å². The smallest absolute Gasteiger partial charge is 0.135 e. The summed E-state index contributed by atoms with van der Waals surface area (Å²) in [4.78, 5) is 0. The molecule has 0 spiro atoms. The minimum Gasteiger partial charge on any atom is -0.456 e. The van der Waals surface area contributed by atoms with Gasteiger partial charge in [0.25, 0.3) is 0 Å². The zero-order valence-electron chi connectivity index (χ0n) is 11.4. The number of furan rings is 1. The predicted molar refractivity (Wildman–Crippen MR) is 83.2 cm³/mol. The number of rotatable bonds is 3. The summed E-state index contributed by atoms with van der Waals surface area (Å²) in [5.74, 6) is 0. The number of nitrogens with one attached hydrogen (secondary N) is 2. The standard InChI is InChI=1S/C17H18N2O/c1-2-6-16-14(5-1)15-10-12(7-8-17(15)20-16)19-11-13-4-3-9-18-13/h1-2,5-8,10,13,18-19H,3-4,9,11H2. The first-order valence-electron chi connectivity index (χ1n) is 7.29. The number of hydrogen-bond acceptors (Lipinski definition) is 3. The molecule has 3 aromatic rings. The molecule has 1 saturated heterocycles. The molecular weight excluding hydrogens is 248 g/mol. The summed E-state index contributed by atoms with van der Waals surface area (Å²) < 4.78 is 5.85. The lowest BCUT2D eigenvalue weighted by atomic mass is 10.1.